The molecule has 0 amide bonds. The number of hydrogen-bond acceptors (Lipinski definition) is 3. The van der Waals surface area contributed by atoms with Crippen LogP contribution in [0.2, 0.25) is 5.02 Å². The van der Waals surface area contributed by atoms with E-state index in [1.54, 1.807) is 36.4 Å². The molecule has 0 heterocycles. The molecular weight excluding hydrogens is 307 g/mol. The molecule has 22 heavy (non-hydrogen) atoms. The summed E-state index contributed by atoms with van der Waals surface area (Å²) in [4.78, 5) is 11.0. The number of esters is 1. The fraction of sp³-hybridized carbons (Fsp3) is 0.118. The van der Waals surface area contributed by atoms with Gasteiger partial charge in [-0.2, -0.15) is 0 Å². The van der Waals surface area contributed by atoms with Crippen LogP contribution in [-0.4, -0.2) is 13.1 Å². The Morgan fingerprint density at radius 3 is 2.59 bits per heavy atom. The van der Waals surface area contributed by atoms with Gasteiger partial charge >= 0.3 is 5.97 Å². The molecule has 0 atom stereocenters. The lowest BCUT2D eigenvalue weighted by molar-refractivity contribution is -0.134. The maximum Gasteiger partial charge on any atom is 0.330 e. The Hall–Kier alpha value is -2.33. The molecule has 0 unspecified atom stereocenters. The van der Waals surface area contributed by atoms with Gasteiger partial charge < -0.3 is 9.47 Å². The first kappa shape index (κ1) is 16.0. The van der Waals surface area contributed by atoms with Crippen molar-refractivity contribution in [1.29, 1.82) is 0 Å². The topological polar surface area (TPSA) is 35.5 Å². The summed E-state index contributed by atoms with van der Waals surface area (Å²) in [6.07, 6.45) is 2.91. The van der Waals surface area contributed by atoms with Gasteiger partial charge in [0.25, 0.3) is 0 Å². The van der Waals surface area contributed by atoms with Crippen LogP contribution in [0.15, 0.2) is 48.5 Å². The number of halogens is 2. The van der Waals surface area contributed by atoms with Crippen molar-refractivity contribution in [2.75, 3.05) is 7.11 Å². The summed E-state index contributed by atoms with van der Waals surface area (Å²) in [6, 6.07) is 11.2. The minimum atomic E-state index is -0.437. The highest BCUT2D eigenvalue weighted by Crippen LogP contribution is 2.26. The summed E-state index contributed by atoms with van der Waals surface area (Å²) in [5.74, 6) is -0.211. The normalized spacial score (nSPS) is 10.7. The molecule has 0 saturated carbocycles. The zero-order chi connectivity index (χ0) is 15.9. The molecule has 0 aliphatic carbocycles. The van der Waals surface area contributed by atoms with Gasteiger partial charge in [0.2, 0.25) is 0 Å². The van der Waals surface area contributed by atoms with Crippen LogP contribution in [0.25, 0.3) is 6.08 Å². The Labute approximate surface area is 132 Å². The molecule has 2 aromatic carbocycles. The van der Waals surface area contributed by atoms with Crippen molar-refractivity contribution < 1.29 is 18.7 Å². The number of carbonyl (C=O) groups is 1. The zero-order valence-electron chi connectivity index (χ0n) is 11.9. The molecule has 0 fully saturated rings. The molecule has 0 aromatic heterocycles. The van der Waals surface area contributed by atoms with E-state index in [1.807, 2.05) is 0 Å². The first-order valence-corrected chi connectivity index (χ1v) is 6.89. The molecule has 114 valence electrons. The van der Waals surface area contributed by atoms with Crippen LogP contribution in [0.4, 0.5) is 4.39 Å². The molecule has 2 aromatic rings. The Balaban J connectivity index is 2.02. The zero-order valence-corrected chi connectivity index (χ0v) is 12.6. The highest BCUT2D eigenvalue weighted by atomic mass is 35.5. The number of ether oxygens (including phenoxy) is 2. The quantitative estimate of drug-likeness (QED) is 0.610. The van der Waals surface area contributed by atoms with Crippen molar-refractivity contribution in [3.8, 4) is 5.75 Å². The minimum absolute atomic E-state index is 0.288. The van der Waals surface area contributed by atoms with E-state index in [-0.39, 0.29) is 12.4 Å². The minimum Gasteiger partial charge on any atom is -0.487 e. The lowest BCUT2D eigenvalue weighted by Gasteiger charge is -2.08. The van der Waals surface area contributed by atoms with Crippen LogP contribution in [0.5, 0.6) is 5.75 Å². The van der Waals surface area contributed by atoms with Crippen molar-refractivity contribution in [1.82, 2.24) is 0 Å². The highest BCUT2D eigenvalue weighted by Gasteiger charge is 2.03. The second-order valence-corrected chi connectivity index (χ2v) is 4.87. The molecule has 0 spiro atoms. The fourth-order valence-electron chi connectivity index (χ4n) is 1.71. The first-order valence-electron chi connectivity index (χ1n) is 6.51. The van der Waals surface area contributed by atoms with E-state index in [0.717, 1.165) is 11.1 Å². The van der Waals surface area contributed by atoms with Gasteiger partial charge in [0.05, 0.1) is 12.1 Å². The fourth-order valence-corrected chi connectivity index (χ4v) is 1.96. The SMILES string of the molecule is COC(=O)/C=C/c1ccc(OCc2ccc(F)cc2)c(Cl)c1. The summed E-state index contributed by atoms with van der Waals surface area (Å²) in [5.41, 5.74) is 1.59. The third-order valence-electron chi connectivity index (χ3n) is 2.88. The van der Waals surface area contributed by atoms with Crippen LogP contribution >= 0.6 is 11.6 Å². The molecule has 0 aliphatic rings. The number of benzene rings is 2. The van der Waals surface area contributed by atoms with E-state index in [2.05, 4.69) is 4.74 Å². The number of carbonyl (C=O) groups excluding carboxylic acids is 1. The van der Waals surface area contributed by atoms with E-state index in [9.17, 15) is 9.18 Å². The predicted molar refractivity (Wildman–Crippen MR) is 83.2 cm³/mol. The first-order chi connectivity index (χ1) is 10.6. The average molecular weight is 321 g/mol. The summed E-state index contributed by atoms with van der Waals surface area (Å²) >= 11 is 6.13. The summed E-state index contributed by atoms with van der Waals surface area (Å²) < 4.78 is 22.9. The maximum atomic E-state index is 12.8. The average Bonchev–Trinajstić information content (AvgIpc) is 2.53. The molecule has 2 rings (SSSR count). The smallest absolute Gasteiger partial charge is 0.330 e. The lowest BCUT2D eigenvalue weighted by Crippen LogP contribution is -1.96. The highest BCUT2D eigenvalue weighted by molar-refractivity contribution is 6.32. The summed E-state index contributed by atoms with van der Waals surface area (Å²) in [6.45, 7) is 0.289. The van der Waals surface area contributed by atoms with Crippen molar-refractivity contribution in [3.05, 3.63) is 70.5 Å². The predicted octanol–water partition coefficient (Wildman–Crippen LogP) is 4.24. The van der Waals surface area contributed by atoms with Crippen LogP contribution in [0, 0.1) is 5.82 Å². The molecule has 5 heteroatoms. The van der Waals surface area contributed by atoms with Crippen LogP contribution < -0.4 is 4.74 Å². The van der Waals surface area contributed by atoms with Crippen molar-refractivity contribution in [2.24, 2.45) is 0 Å². The van der Waals surface area contributed by atoms with E-state index in [1.165, 1.54) is 25.3 Å². The van der Waals surface area contributed by atoms with Crippen LogP contribution in [0.3, 0.4) is 0 Å². The van der Waals surface area contributed by atoms with Crippen LogP contribution in [-0.2, 0) is 16.1 Å². The third kappa shape index (κ3) is 4.60. The van der Waals surface area contributed by atoms with Crippen molar-refractivity contribution >= 4 is 23.6 Å². The van der Waals surface area contributed by atoms with Gasteiger partial charge in [0.15, 0.2) is 0 Å². The molecular formula is C17H14ClFO3. The Morgan fingerprint density at radius 1 is 1.23 bits per heavy atom. The molecule has 0 bridgehead atoms. The van der Waals surface area contributed by atoms with Gasteiger partial charge in [0.1, 0.15) is 18.2 Å². The summed E-state index contributed by atoms with van der Waals surface area (Å²) in [7, 11) is 1.31. The molecule has 0 aliphatic heterocycles. The summed E-state index contributed by atoms with van der Waals surface area (Å²) in [5, 5.41) is 0.425. The largest absolute Gasteiger partial charge is 0.487 e. The maximum absolute atomic E-state index is 12.8. The van der Waals surface area contributed by atoms with Crippen molar-refractivity contribution in [2.45, 2.75) is 6.61 Å². The van der Waals surface area contributed by atoms with E-state index < -0.39 is 5.97 Å². The van der Waals surface area contributed by atoms with Crippen LogP contribution in [0.1, 0.15) is 11.1 Å². The third-order valence-corrected chi connectivity index (χ3v) is 3.17. The van der Waals surface area contributed by atoms with E-state index in [4.69, 9.17) is 16.3 Å². The van der Waals surface area contributed by atoms with Gasteiger partial charge in [-0.1, -0.05) is 29.8 Å². The lowest BCUT2D eigenvalue weighted by atomic mass is 10.2. The van der Waals surface area contributed by atoms with Gasteiger partial charge in [0, 0.05) is 6.08 Å². The molecule has 0 saturated heterocycles. The molecule has 3 nitrogen and oxygen atoms in total. The molecule has 0 N–H and O–H groups in total. The number of hydrogen-bond donors (Lipinski definition) is 0. The van der Waals surface area contributed by atoms with E-state index >= 15 is 0 Å². The van der Waals surface area contributed by atoms with Gasteiger partial charge in [-0.3, -0.25) is 0 Å². The Bertz CT molecular complexity index is 681. The second kappa shape index (κ2) is 7.61. The van der Waals surface area contributed by atoms with Gasteiger partial charge in [-0.25, -0.2) is 9.18 Å². The van der Waals surface area contributed by atoms with E-state index in [0.29, 0.717) is 10.8 Å². The van der Waals surface area contributed by atoms with Crippen molar-refractivity contribution in [3.63, 3.8) is 0 Å². The number of rotatable bonds is 5. The van der Waals surface area contributed by atoms with Gasteiger partial charge in [-0.15, -0.1) is 0 Å². The number of methoxy groups -OCH3 is 1. The standard InChI is InChI=1S/C17H14ClFO3/c1-21-17(20)9-5-12-4-8-16(15(18)10-12)22-11-13-2-6-14(19)7-3-13/h2-10H,11H2,1H3/b9-5+. The monoisotopic (exact) mass is 320 g/mol. The van der Waals surface area contributed by atoms with Gasteiger partial charge in [-0.05, 0) is 41.5 Å². The Morgan fingerprint density at radius 2 is 1.95 bits per heavy atom. The second-order valence-electron chi connectivity index (χ2n) is 4.46. The Kier molecular flexibility index (Phi) is 5.55. The molecule has 0 radical (unpaired) electrons.